The van der Waals surface area contributed by atoms with Gasteiger partial charge in [0.1, 0.15) is 0 Å². The molecule has 0 aliphatic carbocycles. The molecule has 0 heterocycles. The largest absolute Gasteiger partial charge is 0.398 e. The Labute approximate surface area is 76.9 Å². The van der Waals surface area contributed by atoms with Crippen LogP contribution in [-0.4, -0.2) is 5.91 Å². The molecule has 70 valence electrons. The molecule has 0 fully saturated rings. The van der Waals surface area contributed by atoms with E-state index in [0.29, 0.717) is 11.3 Å². The van der Waals surface area contributed by atoms with Gasteiger partial charge < -0.3 is 5.73 Å². The Morgan fingerprint density at radius 2 is 2.23 bits per heavy atom. The molecule has 0 aliphatic heterocycles. The van der Waals surface area contributed by atoms with Crippen molar-refractivity contribution in [2.45, 2.75) is 13.3 Å². The third-order valence-electron chi connectivity index (χ3n) is 1.90. The van der Waals surface area contributed by atoms with Gasteiger partial charge in [0.25, 0.3) is 5.91 Å². The first-order chi connectivity index (χ1) is 6.19. The van der Waals surface area contributed by atoms with Crippen molar-refractivity contribution in [1.29, 1.82) is 0 Å². The summed E-state index contributed by atoms with van der Waals surface area (Å²) in [5.41, 5.74) is 9.60. The molecule has 0 bridgehead atoms. The molecule has 4 nitrogen and oxygen atoms in total. The van der Waals surface area contributed by atoms with E-state index in [1.165, 1.54) is 0 Å². The fourth-order valence-electron chi connectivity index (χ4n) is 1.10. The maximum atomic E-state index is 11.2. The summed E-state index contributed by atoms with van der Waals surface area (Å²) in [6.45, 7) is 2.01. The molecular formula is C9H13N3O. The van der Waals surface area contributed by atoms with Crippen LogP contribution in [0.1, 0.15) is 22.8 Å². The van der Waals surface area contributed by atoms with E-state index in [0.717, 1.165) is 12.0 Å². The van der Waals surface area contributed by atoms with E-state index < -0.39 is 0 Å². The van der Waals surface area contributed by atoms with Crippen LogP contribution in [0.5, 0.6) is 0 Å². The summed E-state index contributed by atoms with van der Waals surface area (Å²) in [4.78, 5) is 11.2. The number of nitrogens with one attached hydrogen (secondary N) is 1. The van der Waals surface area contributed by atoms with E-state index in [1.807, 2.05) is 13.0 Å². The van der Waals surface area contributed by atoms with Crippen LogP contribution >= 0.6 is 0 Å². The number of hydrazine groups is 1. The Kier molecular flexibility index (Phi) is 2.87. The molecule has 0 saturated heterocycles. The lowest BCUT2D eigenvalue weighted by Crippen LogP contribution is -2.30. The quantitative estimate of drug-likeness (QED) is 0.266. The van der Waals surface area contributed by atoms with E-state index in [9.17, 15) is 4.79 Å². The number of nitrogens with two attached hydrogens (primary N) is 2. The highest BCUT2D eigenvalue weighted by molar-refractivity contribution is 5.98. The van der Waals surface area contributed by atoms with E-state index in [-0.39, 0.29) is 5.91 Å². The molecule has 0 aromatic heterocycles. The third-order valence-corrected chi connectivity index (χ3v) is 1.90. The highest BCUT2D eigenvalue weighted by atomic mass is 16.2. The van der Waals surface area contributed by atoms with E-state index in [2.05, 4.69) is 5.43 Å². The number of rotatable bonds is 2. The van der Waals surface area contributed by atoms with Crippen molar-refractivity contribution in [3.63, 3.8) is 0 Å². The molecule has 0 spiro atoms. The SMILES string of the molecule is CCc1ccc(N)c(C(=O)NN)c1. The summed E-state index contributed by atoms with van der Waals surface area (Å²) in [6, 6.07) is 5.35. The summed E-state index contributed by atoms with van der Waals surface area (Å²) in [5.74, 6) is 4.66. The van der Waals surface area contributed by atoms with Gasteiger partial charge in [-0.2, -0.15) is 0 Å². The van der Waals surface area contributed by atoms with Crippen LogP contribution in [0.15, 0.2) is 18.2 Å². The maximum Gasteiger partial charge on any atom is 0.267 e. The molecule has 1 rings (SSSR count). The molecule has 0 saturated carbocycles. The minimum absolute atomic E-state index is 0.354. The van der Waals surface area contributed by atoms with Gasteiger partial charge in [0.15, 0.2) is 0 Å². The van der Waals surface area contributed by atoms with Crippen LogP contribution in [-0.2, 0) is 6.42 Å². The summed E-state index contributed by atoms with van der Waals surface area (Å²) >= 11 is 0. The molecule has 0 aliphatic rings. The number of carbonyl (C=O) groups excluding carboxylic acids is 1. The lowest BCUT2D eigenvalue weighted by molar-refractivity contribution is 0.0954. The van der Waals surface area contributed by atoms with Gasteiger partial charge in [0, 0.05) is 5.69 Å². The van der Waals surface area contributed by atoms with Gasteiger partial charge in [-0.25, -0.2) is 5.84 Å². The fraction of sp³-hybridized carbons (Fsp3) is 0.222. The summed E-state index contributed by atoms with van der Waals surface area (Å²) in [7, 11) is 0. The molecule has 4 heteroatoms. The minimum Gasteiger partial charge on any atom is -0.398 e. The molecule has 0 atom stereocenters. The second-order valence-corrected chi connectivity index (χ2v) is 2.75. The first kappa shape index (κ1) is 9.54. The van der Waals surface area contributed by atoms with E-state index in [4.69, 9.17) is 11.6 Å². The van der Waals surface area contributed by atoms with Gasteiger partial charge in [-0.3, -0.25) is 10.2 Å². The van der Waals surface area contributed by atoms with Crippen LogP contribution in [0, 0.1) is 0 Å². The predicted octanol–water partition coefficient (Wildman–Crippen LogP) is 0.435. The van der Waals surface area contributed by atoms with E-state index in [1.54, 1.807) is 12.1 Å². The predicted molar refractivity (Wildman–Crippen MR) is 51.9 cm³/mol. The van der Waals surface area contributed by atoms with Gasteiger partial charge in [-0.05, 0) is 24.1 Å². The molecule has 13 heavy (non-hydrogen) atoms. The van der Waals surface area contributed by atoms with Crippen molar-refractivity contribution in [3.8, 4) is 0 Å². The van der Waals surface area contributed by atoms with Crippen molar-refractivity contribution >= 4 is 11.6 Å². The number of nitrogen functional groups attached to an aromatic ring is 2. The van der Waals surface area contributed by atoms with Gasteiger partial charge in [0.2, 0.25) is 0 Å². The Bertz CT molecular complexity index is 323. The number of benzene rings is 1. The molecule has 0 radical (unpaired) electrons. The van der Waals surface area contributed by atoms with Gasteiger partial charge in [0.05, 0.1) is 5.56 Å². The first-order valence-corrected chi connectivity index (χ1v) is 4.08. The van der Waals surface area contributed by atoms with Crippen LogP contribution in [0.25, 0.3) is 0 Å². The van der Waals surface area contributed by atoms with Crippen LogP contribution in [0.4, 0.5) is 5.69 Å². The zero-order valence-electron chi connectivity index (χ0n) is 7.50. The van der Waals surface area contributed by atoms with Crippen molar-refractivity contribution in [3.05, 3.63) is 29.3 Å². The van der Waals surface area contributed by atoms with Crippen molar-refractivity contribution in [2.75, 3.05) is 5.73 Å². The molecule has 1 amide bonds. The third kappa shape index (κ3) is 1.97. The number of amides is 1. The molecule has 1 aromatic carbocycles. The van der Waals surface area contributed by atoms with Crippen LogP contribution in [0.2, 0.25) is 0 Å². The van der Waals surface area contributed by atoms with E-state index >= 15 is 0 Å². The van der Waals surface area contributed by atoms with Crippen molar-refractivity contribution in [1.82, 2.24) is 5.43 Å². The van der Waals surface area contributed by atoms with Crippen molar-refractivity contribution < 1.29 is 4.79 Å². The number of aryl methyl sites for hydroxylation is 1. The maximum absolute atomic E-state index is 11.2. The highest BCUT2D eigenvalue weighted by Gasteiger charge is 2.07. The highest BCUT2D eigenvalue weighted by Crippen LogP contribution is 2.14. The number of carbonyl (C=O) groups is 1. The number of anilines is 1. The Morgan fingerprint density at radius 3 is 2.77 bits per heavy atom. The standard InChI is InChI=1S/C9H13N3O/c1-2-6-3-4-8(10)7(5-6)9(13)12-11/h3-5H,2,10-11H2,1H3,(H,12,13). The number of hydrogen-bond acceptors (Lipinski definition) is 3. The summed E-state index contributed by atoms with van der Waals surface area (Å²) in [5, 5.41) is 0. The number of hydrogen-bond donors (Lipinski definition) is 3. The molecular weight excluding hydrogens is 166 g/mol. The average Bonchev–Trinajstić information content (AvgIpc) is 2.17. The Balaban J connectivity index is 3.11. The summed E-state index contributed by atoms with van der Waals surface area (Å²) in [6.07, 6.45) is 0.866. The topological polar surface area (TPSA) is 81.1 Å². The zero-order valence-corrected chi connectivity index (χ0v) is 7.50. The Hall–Kier alpha value is -1.55. The molecule has 0 unspecified atom stereocenters. The lowest BCUT2D eigenvalue weighted by atomic mass is 10.1. The fourth-order valence-corrected chi connectivity index (χ4v) is 1.10. The summed E-state index contributed by atoms with van der Waals surface area (Å²) < 4.78 is 0. The van der Waals surface area contributed by atoms with Gasteiger partial charge in [-0.15, -0.1) is 0 Å². The minimum atomic E-state index is -0.354. The second kappa shape index (κ2) is 3.91. The first-order valence-electron chi connectivity index (χ1n) is 4.08. The Morgan fingerprint density at radius 1 is 1.54 bits per heavy atom. The average molecular weight is 179 g/mol. The molecule has 1 aromatic rings. The van der Waals surface area contributed by atoms with Gasteiger partial charge >= 0.3 is 0 Å². The zero-order chi connectivity index (χ0) is 9.84. The van der Waals surface area contributed by atoms with Crippen LogP contribution in [0.3, 0.4) is 0 Å². The second-order valence-electron chi connectivity index (χ2n) is 2.75. The lowest BCUT2D eigenvalue weighted by Gasteiger charge is -2.05. The van der Waals surface area contributed by atoms with Gasteiger partial charge in [-0.1, -0.05) is 13.0 Å². The smallest absolute Gasteiger partial charge is 0.267 e. The normalized spacial score (nSPS) is 9.69. The van der Waals surface area contributed by atoms with Crippen LogP contribution < -0.4 is 17.0 Å². The molecule has 5 N–H and O–H groups in total. The monoisotopic (exact) mass is 179 g/mol. The van der Waals surface area contributed by atoms with Crippen molar-refractivity contribution in [2.24, 2.45) is 5.84 Å².